The Morgan fingerprint density at radius 2 is 2.44 bits per heavy atom. The van der Waals surface area contributed by atoms with Crippen LogP contribution in [-0.4, -0.2) is 34.9 Å². The number of rotatable bonds is 4. The van der Waals surface area contributed by atoms with Crippen molar-refractivity contribution < 1.29 is 9.53 Å². The van der Waals surface area contributed by atoms with E-state index in [-0.39, 0.29) is 18.1 Å². The van der Waals surface area contributed by atoms with Gasteiger partial charge in [-0.2, -0.15) is 5.10 Å². The molecule has 0 unspecified atom stereocenters. The van der Waals surface area contributed by atoms with Crippen molar-refractivity contribution in [3.05, 3.63) is 18.0 Å². The average Bonchev–Trinajstić information content (AvgIpc) is 2.87. The summed E-state index contributed by atoms with van der Waals surface area (Å²) >= 11 is 0. The third-order valence-electron chi connectivity index (χ3n) is 3.13. The second-order valence-corrected chi connectivity index (χ2v) is 4.97. The van der Waals surface area contributed by atoms with E-state index in [0.29, 0.717) is 12.2 Å². The molecule has 0 bridgehead atoms. The molecule has 1 fully saturated rings. The topological polar surface area (TPSA) is 56.2 Å². The molecule has 1 aromatic heterocycles. The number of hydrogen-bond donors (Lipinski definition) is 1. The highest BCUT2D eigenvalue weighted by Gasteiger charge is 2.16. The first kappa shape index (κ1) is 13.1. The number of nitrogens with one attached hydrogen (secondary N) is 1. The van der Waals surface area contributed by atoms with Gasteiger partial charge in [-0.15, -0.1) is 0 Å². The molecule has 5 nitrogen and oxygen atoms in total. The number of ether oxygens (including phenoxy) is 1. The molecule has 2 rings (SSSR count). The van der Waals surface area contributed by atoms with E-state index in [9.17, 15) is 4.79 Å². The van der Waals surface area contributed by atoms with Gasteiger partial charge in [0.15, 0.2) is 0 Å². The standard InChI is InChI=1S/C13H21N3O2/c1-10(2)16-7-6-12(15-16)13(17)14-9-11-5-3-4-8-18-11/h6-7,10-11H,3-5,8-9H2,1-2H3,(H,14,17)/t11-/m0/s1. The molecular weight excluding hydrogens is 230 g/mol. The van der Waals surface area contributed by atoms with Gasteiger partial charge in [0.05, 0.1) is 6.10 Å². The van der Waals surface area contributed by atoms with E-state index < -0.39 is 0 Å². The molecule has 0 radical (unpaired) electrons. The number of nitrogens with zero attached hydrogens (tertiary/aromatic N) is 2. The summed E-state index contributed by atoms with van der Waals surface area (Å²) in [7, 11) is 0. The lowest BCUT2D eigenvalue weighted by atomic mass is 10.1. The molecule has 0 aliphatic carbocycles. The zero-order chi connectivity index (χ0) is 13.0. The average molecular weight is 251 g/mol. The Kier molecular flexibility index (Phi) is 4.36. The van der Waals surface area contributed by atoms with Crippen molar-refractivity contribution in [2.24, 2.45) is 0 Å². The molecule has 1 saturated heterocycles. The van der Waals surface area contributed by atoms with E-state index in [1.54, 1.807) is 10.7 Å². The summed E-state index contributed by atoms with van der Waals surface area (Å²) in [5.74, 6) is -0.122. The van der Waals surface area contributed by atoms with Gasteiger partial charge in [-0.3, -0.25) is 9.48 Å². The highest BCUT2D eigenvalue weighted by atomic mass is 16.5. The largest absolute Gasteiger partial charge is 0.376 e. The summed E-state index contributed by atoms with van der Waals surface area (Å²) in [4.78, 5) is 11.9. The molecule has 1 atom stereocenters. The molecule has 1 aromatic rings. The highest BCUT2D eigenvalue weighted by molar-refractivity contribution is 5.92. The summed E-state index contributed by atoms with van der Waals surface area (Å²) in [5, 5.41) is 7.12. The van der Waals surface area contributed by atoms with E-state index in [1.807, 2.05) is 20.0 Å². The van der Waals surface area contributed by atoms with Crippen LogP contribution in [0.15, 0.2) is 12.3 Å². The Hall–Kier alpha value is -1.36. The third kappa shape index (κ3) is 3.32. The maximum absolute atomic E-state index is 11.9. The van der Waals surface area contributed by atoms with Gasteiger partial charge in [0.25, 0.3) is 5.91 Å². The van der Waals surface area contributed by atoms with Crippen molar-refractivity contribution in [3.63, 3.8) is 0 Å². The summed E-state index contributed by atoms with van der Waals surface area (Å²) < 4.78 is 7.35. The Morgan fingerprint density at radius 1 is 1.61 bits per heavy atom. The van der Waals surface area contributed by atoms with E-state index in [1.165, 1.54) is 6.42 Å². The molecule has 0 saturated carbocycles. The van der Waals surface area contributed by atoms with Crippen LogP contribution in [0.25, 0.3) is 0 Å². The van der Waals surface area contributed by atoms with Crippen LogP contribution in [0.3, 0.4) is 0 Å². The lowest BCUT2D eigenvalue weighted by molar-refractivity contribution is 0.0168. The normalized spacial score (nSPS) is 20.1. The lowest BCUT2D eigenvalue weighted by Crippen LogP contribution is -2.35. The van der Waals surface area contributed by atoms with Crippen LogP contribution in [0, 0.1) is 0 Å². The van der Waals surface area contributed by atoms with Gasteiger partial charge in [0.1, 0.15) is 5.69 Å². The SMILES string of the molecule is CC(C)n1ccc(C(=O)NC[C@@H]2CCCCO2)n1. The molecule has 0 spiro atoms. The minimum atomic E-state index is -0.122. The molecule has 1 aliphatic rings. The molecule has 5 heteroatoms. The number of carbonyl (C=O) groups excluding carboxylic acids is 1. The molecule has 2 heterocycles. The van der Waals surface area contributed by atoms with E-state index in [2.05, 4.69) is 10.4 Å². The Balaban J connectivity index is 1.83. The zero-order valence-electron chi connectivity index (χ0n) is 11.1. The predicted molar refractivity (Wildman–Crippen MR) is 68.5 cm³/mol. The monoisotopic (exact) mass is 251 g/mol. The van der Waals surface area contributed by atoms with Crippen LogP contribution >= 0.6 is 0 Å². The van der Waals surface area contributed by atoms with Gasteiger partial charge in [-0.05, 0) is 39.2 Å². The van der Waals surface area contributed by atoms with Crippen LogP contribution in [0.5, 0.6) is 0 Å². The fourth-order valence-electron chi connectivity index (χ4n) is 2.01. The molecule has 100 valence electrons. The van der Waals surface area contributed by atoms with Gasteiger partial charge in [0, 0.05) is 25.4 Å². The van der Waals surface area contributed by atoms with Crippen LogP contribution in [0.2, 0.25) is 0 Å². The molecular formula is C13H21N3O2. The van der Waals surface area contributed by atoms with Crippen molar-refractivity contribution in [3.8, 4) is 0 Å². The maximum Gasteiger partial charge on any atom is 0.271 e. The number of aromatic nitrogens is 2. The van der Waals surface area contributed by atoms with Gasteiger partial charge in [-0.25, -0.2) is 0 Å². The van der Waals surface area contributed by atoms with E-state index in [4.69, 9.17) is 4.74 Å². The summed E-state index contributed by atoms with van der Waals surface area (Å²) in [6.07, 6.45) is 5.33. The number of amides is 1. The predicted octanol–water partition coefficient (Wildman–Crippen LogP) is 1.76. The summed E-state index contributed by atoms with van der Waals surface area (Å²) in [6, 6.07) is 2.02. The fourth-order valence-corrected chi connectivity index (χ4v) is 2.01. The second kappa shape index (κ2) is 6.00. The number of hydrogen-bond acceptors (Lipinski definition) is 3. The quantitative estimate of drug-likeness (QED) is 0.887. The van der Waals surface area contributed by atoms with Gasteiger partial charge in [0.2, 0.25) is 0 Å². The van der Waals surface area contributed by atoms with E-state index in [0.717, 1.165) is 19.4 Å². The first-order valence-corrected chi connectivity index (χ1v) is 6.62. The Labute approximate surface area is 108 Å². The lowest BCUT2D eigenvalue weighted by Gasteiger charge is -2.22. The van der Waals surface area contributed by atoms with E-state index >= 15 is 0 Å². The smallest absolute Gasteiger partial charge is 0.271 e. The van der Waals surface area contributed by atoms with Crippen LogP contribution in [-0.2, 0) is 4.74 Å². The second-order valence-electron chi connectivity index (χ2n) is 4.97. The molecule has 18 heavy (non-hydrogen) atoms. The van der Waals surface area contributed by atoms with Crippen LogP contribution in [0.4, 0.5) is 0 Å². The highest BCUT2D eigenvalue weighted by Crippen LogP contribution is 2.11. The molecule has 0 aromatic carbocycles. The van der Waals surface area contributed by atoms with Crippen LogP contribution in [0.1, 0.15) is 49.6 Å². The zero-order valence-corrected chi connectivity index (χ0v) is 11.1. The van der Waals surface area contributed by atoms with Gasteiger partial charge >= 0.3 is 0 Å². The summed E-state index contributed by atoms with van der Waals surface area (Å²) in [5.41, 5.74) is 0.472. The van der Waals surface area contributed by atoms with Crippen molar-refractivity contribution in [1.82, 2.24) is 15.1 Å². The molecule has 1 N–H and O–H groups in total. The first-order valence-electron chi connectivity index (χ1n) is 6.62. The number of carbonyl (C=O) groups is 1. The minimum absolute atomic E-state index is 0.122. The maximum atomic E-state index is 11.9. The van der Waals surface area contributed by atoms with Crippen molar-refractivity contribution in [2.75, 3.05) is 13.2 Å². The summed E-state index contributed by atoms with van der Waals surface area (Å²) in [6.45, 7) is 5.45. The molecule has 1 amide bonds. The van der Waals surface area contributed by atoms with Crippen LogP contribution < -0.4 is 5.32 Å². The fraction of sp³-hybridized carbons (Fsp3) is 0.692. The third-order valence-corrected chi connectivity index (χ3v) is 3.13. The molecule has 1 aliphatic heterocycles. The Morgan fingerprint density at radius 3 is 3.06 bits per heavy atom. The van der Waals surface area contributed by atoms with Crippen molar-refractivity contribution in [1.29, 1.82) is 0 Å². The van der Waals surface area contributed by atoms with Crippen molar-refractivity contribution in [2.45, 2.75) is 45.3 Å². The van der Waals surface area contributed by atoms with Gasteiger partial charge < -0.3 is 10.1 Å². The van der Waals surface area contributed by atoms with Crippen molar-refractivity contribution >= 4 is 5.91 Å². The Bertz CT molecular complexity index is 395. The first-order chi connectivity index (χ1) is 8.66. The van der Waals surface area contributed by atoms with Gasteiger partial charge in [-0.1, -0.05) is 0 Å². The minimum Gasteiger partial charge on any atom is -0.376 e.